The van der Waals surface area contributed by atoms with Crippen molar-refractivity contribution in [1.82, 2.24) is 0 Å². The van der Waals surface area contributed by atoms with Crippen molar-refractivity contribution >= 4 is 0 Å². The zero-order chi connectivity index (χ0) is 13.6. The van der Waals surface area contributed by atoms with Crippen LogP contribution in [0.4, 0.5) is 0 Å². The molecule has 1 saturated heterocycles. The van der Waals surface area contributed by atoms with Crippen LogP contribution in [0.3, 0.4) is 0 Å². The molecule has 1 nitrogen and oxygen atoms in total. The zero-order valence-electron chi connectivity index (χ0n) is 13.2. The Labute approximate surface area is 121 Å². The largest absolute Gasteiger partial charge is 0.378 e. The molecule has 1 heterocycles. The van der Waals surface area contributed by atoms with Gasteiger partial charge in [0.1, 0.15) is 0 Å². The Balaban J connectivity index is 1.62. The highest BCUT2D eigenvalue weighted by molar-refractivity contribution is 4.75. The summed E-state index contributed by atoms with van der Waals surface area (Å²) in [6, 6.07) is 0. The Morgan fingerprint density at radius 1 is 0.842 bits per heavy atom. The molecular weight excluding hydrogens is 232 g/mol. The Bertz CT molecular complexity index is 175. The van der Waals surface area contributed by atoms with Gasteiger partial charge in [0.2, 0.25) is 0 Å². The summed E-state index contributed by atoms with van der Waals surface area (Å²) >= 11 is 0. The quantitative estimate of drug-likeness (QED) is 0.347. The molecule has 1 rings (SSSR count). The van der Waals surface area contributed by atoms with Crippen molar-refractivity contribution in [3.8, 4) is 0 Å². The van der Waals surface area contributed by atoms with Crippen LogP contribution in [0, 0.1) is 6.42 Å². The maximum atomic E-state index is 5.41. The highest BCUT2D eigenvalue weighted by Crippen LogP contribution is 2.18. The Morgan fingerprint density at radius 3 is 1.84 bits per heavy atom. The smallest absolute Gasteiger partial charge is 0.0599 e. The van der Waals surface area contributed by atoms with E-state index in [0.717, 1.165) is 6.61 Å². The van der Waals surface area contributed by atoms with Crippen molar-refractivity contribution in [3.05, 3.63) is 6.42 Å². The molecule has 1 aliphatic heterocycles. The molecule has 0 saturated carbocycles. The minimum Gasteiger partial charge on any atom is -0.378 e. The van der Waals surface area contributed by atoms with E-state index >= 15 is 0 Å². The van der Waals surface area contributed by atoms with Gasteiger partial charge < -0.3 is 4.74 Å². The van der Waals surface area contributed by atoms with E-state index in [9.17, 15) is 0 Å². The lowest BCUT2D eigenvalue weighted by atomic mass is 10.0. The zero-order valence-corrected chi connectivity index (χ0v) is 13.2. The van der Waals surface area contributed by atoms with Crippen LogP contribution in [0.1, 0.15) is 96.8 Å². The van der Waals surface area contributed by atoms with Gasteiger partial charge in [-0.05, 0) is 19.3 Å². The molecule has 1 heteroatoms. The Hall–Kier alpha value is -0.0400. The molecule has 19 heavy (non-hydrogen) atoms. The second kappa shape index (κ2) is 13.0. The Morgan fingerprint density at radius 2 is 1.37 bits per heavy atom. The van der Waals surface area contributed by atoms with E-state index in [0.29, 0.717) is 6.10 Å². The summed E-state index contributed by atoms with van der Waals surface area (Å²) in [5.74, 6) is 0. The predicted molar refractivity (Wildman–Crippen MR) is 84.4 cm³/mol. The first-order chi connectivity index (χ1) is 9.43. The molecule has 0 N–H and O–H groups in total. The molecule has 0 amide bonds. The first-order valence-corrected chi connectivity index (χ1v) is 8.86. The molecular formula is C18H35O. The summed E-state index contributed by atoms with van der Waals surface area (Å²) in [7, 11) is 0. The number of ether oxygens (including phenoxy) is 1. The molecule has 0 aliphatic carbocycles. The highest BCUT2D eigenvalue weighted by atomic mass is 16.5. The van der Waals surface area contributed by atoms with Crippen molar-refractivity contribution in [2.45, 2.75) is 103 Å². The van der Waals surface area contributed by atoms with Gasteiger partial charge in [0, 0.05) is 6.61 Å². The fourth-order valence-corrected chi connectivity index (χ4v) is 2.73. The van der Waals surface area contributed by atoms with Crippen LogP contribution in [0.25, 0.3) is 0 Å². The summed E-state index contributed by atoms with van der Waals surface area (Å²) in [6.07, 6.45) is 22.6. The third-order valence-corrected chi connectivity index (χ3v) is 4.23. The first kappa shape index (κ1) is 17.0. The van der Waals surface area contributed by atoms with Gasteiger partial charge in [0.25, 0.3) is 0 Å². The normalized spacial score (nSPS) is 18.5. The number of rotatable bonds is 14. The number of hydrogen-bond donors (Lipinski definition) is 0. The van der Waals surface area contributed by atoms with Gasteiger partial charge in [-0.3, -0.25) is 0 Å². The van der Waals surface area contributed by atoms with Crippen molar-refractivity contribution < 1.29 is 4.74 Å². The minimum absolute atomic E-state index is 0.577. The maximum Gasteiger partial charge on any atom is 0.0599 e. The SMILES string of the molecule is CCCCCCCCCCCCC[CH]CC1CCO1. The summed E-state index contributed by atoms with van der Waals surface area (Å²) < 4.78 is 5.41. The molecule has 1 atom stereocenters. The van der Waals surface area contributed by atoms with E-state index in [-0.39, 0.29) is 0 Å². The third-order valence-electron chi connectivity index (χ3n) is 4.23. The van der Waals surface area contributed by atoms with E-state index in [1.54, 1.807) is 0 Å². The lowest BCUT2D eigenvalue weighted by Crippen LogP contribution is -2.26. The average molecular weight is 267 g/mol. The predicted octanol–water partition coefficient (Wildman–Crippen LogP) is 6.07. The summed E-state index contributed by atoms with van der Waals surface area (Å²) in [4.78, 5) is 0. The molecule has 113 valence electrons. The standard InChI is InChI=1S/C18H35O/c1-2-3-4-5-6-7-8-9-10-11-12-13-14-15-18-16-17-19-18/h14,18H,2-13,15-17H2,1H3. The fourth-order valence-electron chi connectivity index (χ4n) is 2.73. The van der Waals surface area contributed by atoms with Crippen LogP contribution in [-0.2, 0) is 4.74 Å². The van der Waals surface area contributed by atoms with Crippen LogP contribution in [0.5, 0.6) is 0 Å². The fraction of sp³-hybridized carbons (Fsp3) is 0.944. The Kier molecular flexibility index (Phi) is 11.6. The highest BCUT2D eigenvalue weighted by Gasteiger charge is 2.16. The van der Waals surface area contributed by atoms with E-state index in [1.807, 2.05) is 0 Å². The monoisotopic (exact) mass is 267 g/mol. The number of hydrogen-bond acceptors (Lipinski definition) is 1. The minimum atomic E-state index is 0.577. The average Bonchev–Trinajstić information content (AvgIpc) is 2.37. The molecule has 0 bridgehead atoms. The topological polar surface area (TPSA) is 9.23 Å². The summed E-state index contributed by atoms with van der Waals surface area (Å²) in [5, 5.41) is 0. The maximum absolute atomic E-state index is 5.41. The molecule has 1 fully saturated rings. The van der Waals surface area contributed by atoms with Crippen LogP contribution in [-0.4, -0.2) is 12.7 Å². The van der Waals surface area contributed by atoms with E-state index in [4.69, 9.17) is 4.74 Å². The van der Waals surface area contributed by atoms with Crippen molar-refractivity contribution in [2.75, 3.05) is 6.61 Å². The van der Waals surface area contributed by atoms with Crippen LogP contribution >= 0.6 is 0 Å². The van der Waals surface area contributed by atoms with E-state index in [2.05, 4.69) is 13.3 Å². The third kappa shape index (κ3) is 10.4. The van der Waals surface area contributed by atoms with E-state index < -0.39 is 0 Å². The van der Waals surface area contributed by atoms with Crippen LogP contribution in [0.15, 0.2) is 0 Å². The molecule has 1 unspecified atom stereocenters. The summed E-state index contributed by atoms with van der Waals surface area (Å²) in [6.45, 7) is 3.29. The van der Waals surface area contributed by atoms with Crippen molar-refractivity contribution in [3.63, 3.8) is 0 Å². The van der Waals surface area contributed by atoms with Gasteiger partial charge in [0.05, 0.1) is 6.10 Å². The molecule has 1 aliphatic rings. The van der Waals surface area contributed by atoms with Gasteiger partial charge in [0.15, 0.2) is 0 Å². The molecule has 0 spiro atoms. The van der Waals surface area contributed by atoms with Gasteiger partial charge in [-0.2, -0.15) is 0 Å². The van der Waals surface area contributed by atoms with Gasteiger partial charge in [-0.25, -0.2) is 0 Å². The van der Waals surface area contributed by atoms with Crippen LogP contribution in [0.2, 0.25) is 0 Å². The van der Waals surface area contributed by atoms with Crippen LogP contribution < -0.4 is 0 Å². The molecule has 0 aromatic carbocycles. The molecule has 0 aromatic heterocycles. The van der Waals surface area contributed by atoms with Gasteiger partial charge in [-0.15, -0.1) is 0 Å². The summed E-state index contributed by atoms with van der Waals surface area (Å²) in [5.41, 5.74) is 0. The first-order valence-electron chi connectivity index (χ1n) is 8.86. The molecule has 0 aromatic rings. The molecule has 1 radical (unpaired) electrons. The van der Waals surface area contributed by atoms with Crippen molar-refractivity contribution in [1.29, 1.82) is 0 Å². The van der Waals surface area contributed by atoms with E-state index in [1.165, 1.54) is 89.9 Å². The van der Waals surface area contributed by atoms with Gasteiger partial charge >= 0.3 is 0 Å². The second-order valence-corrected chi connectivity index (χ2v) is 6.13. The number of unbranched alkanes of at least 4 members (excludes halogenated alkanes) is 12. The lowest BCUT2D eigenvalue weighted by molar-refractivity contribution is -0.0500. The lowest BCUT2D eigenvalue weighted by Gasteiger charge is -2.26. The second-order valence-electron chi connectivity index (χ2n) is 6.13. The van der Waals surface area contributed by atoms with Crippen molar-refractivity contribution in [2.24, 2.45) is 0 Å². The van der Waals surface area contributed by atoms with Gasteiger partial charge in [-0.1, -0.05) is 84.0 Å².